The molecule has 0 bridgehead atoms. The summed E-state index contributed by atoms with van der Waals surface area (Å²) >= 11 is 0. The molecule has 23 heavy (non-hydrogen) atoms. The minimum absolute atomic E-state index is 0.0224. The molecule has 6 nitrogen and oxygen atoms in total. The highest BCUT2D eigenvalue weighted by molar-refractivity contribution is 5.70. The number of carbonyl (C=O) groups is 1. The van der Waals surface area contributed by atoms with Gasteiger partial charge in [-0.05, 0) is 25.6 Å². The van der Waals surface area contributed by atoms with E-state index in [0.717, 1.165) is 56.3 Å². The van der Waals surface area contributed by atoms with Gasteiger partial charge in [0.1, 0.15) is 5.65 Å². The van der Waals surface area contributed by atoms with E-state index in [0.29, 0.717) is 5.69 Å². The average molecular weight is 316 g/mol. The summed E-state index contributed by atoms with van der Waals surface area (Å²) in [5.41, 5.74) is 3.63. The predicted molar refractivity (Wildman–Crippen MR) is 88.7 cm³/mol. The number of piperazine rings is 1. The van der Waals surface area contributed by atoms with E-state index in [1.807, 2.05) is 25.1 Å². The molecule has 1 aliphatic rings. The molecule has 0 unspecified atom stereocenters. The first-order valence-electron chi connectivity index (χ1n) is 8.20. The third-order valence-electron chi connectivity index (χ3n) is 4.62. The predicted octanol–water partition coefficient (Wildman–Crippen LogP) is 1.41. The molecule has 6 heteroatoms. The first kappa shape index (κ1) is 16.0. The van der Waals surface area contributed by atoms with Crippen LogP contribution in [0.2, 0.25) is 0 Å². The van der Waals surface area contributed by atoms with Crippen LogP contribution in [-0.4, -0.2) is 63.0 Å². The summed E-state index contributed by atoms with van der Waals surface area (Å²) in [6, 6.07) is 5.95. The molecule has 0 amide bonds. The fraction of sp³-hybridized carbons (Fsp3) is 0.529. The zero-order chi connectivity index (χ0) is 16.4. The number of aromatic nitrogens is 2. The van der Waals surface area contributed by atoms with Gasteiger partial charge in [0.25, 0.3) is 0 Å². The van der Waals surface area contributed by atoms with E-state index in [2.05, 4.69) is 26.1 Å². The molecule has 0 spiro atoms. The largest absolute Gasteiger partial charge is 0.481 e. The lowest BCUT2D eigenvalue weighted by Crippen LogP contribution is -2.45. The molecule has 0 aliphatic carbocycles. The molecule has 1 fully saturated rings. The number of hydrogen-bond acceptors (Lipinski definition) is 4. The van der Waals surface area contributed by atoms with Crippen LogP contribution in [0.25, 0.3) is 5.65 Å². The SMILES string of the molecule is CCN1CCN(Cc2c(CC(=O)O)nc3cccc(C)n23)CC1. The Labute approximate surface area is 136 Å². The maximum absolute atomic E-state index is 11.2. The Hall–Kier alpha value is -1.92. The second kappa shape index (κ2) is 6.68. The van der Waals surface area contributed by atoms with E-state index in [1.165, 1.54) is 0 Å². The summed E-state index contributed by atoms with van der Waals surface area (Å²) in [5.74, 6) is -0.830. The van der Waals surface area contributed by atoms with Gasteiger partial charge in [0, 0.05) is 38.4 Å². The van der Waals surface area contributed by atoms with Crippen LogP contribution in [0.5, 0.6) is 0 Å². The zero-order valence-electron chi connectivity index (χ0n) is 13.8. The summed E-state index contributed by atoms with van der Waals surface area (Å²) in [4.78, 5) is 20.6. The number of hydrogen-bond donors (Lipinski definition) is 1. The van der Waals surface area contributed by atoms with E-state index in [1.54, 1.807) is 0 Å². The molecule has 1 saturated heterocycles. The van der Waals surface area contributed by atoms with Gasteiger partial charge in [0.15, 0.2) is 0 Å². The lowest BCUT2D eigenvalue weighted by molar-refractivity contribution is -0.136. The Bertz CT molecular complexity index is 702. The number of imidazole rings is 1. The van der Waals surface area contributed by atoms with Crippen LogP contribution in [0.15, 0.2) is 18.2 Å². The number of rotatable bonds is 5. The highest BCUT2D eigenvalue weighted by Gasteiger charge is 2.21. The molecule has 0 atom stereocenters. The lowest BCUT2D eigenvalue weighted by Gasteiger charge is -2.34. The van der Waals surface area contributed by atoms with Gasteiger partial charge >= 0.3 is 5.97 Å². The molecule has 0 saturated carbocycles. The number of aliphatic carboxylic acids is 1. The van der Waals surface area contributed by atoms with Crippen LogP contribution in [0, 0.1) is 6.92 Å². The number of aryl methyl sites for hydroxylation is 1. The fourth-order valence-electron chi connectivity index (χ4n) is 3.30. The molecule has 0 radical (unpaired) electrons. The molecule has 2 aromatic rings. The highest BCUT2D eigenvalue weighted by Crippen LogP contribution is 2.19. The van der Waals surface area contributed by atoms with Gasteiger partial charge in [0.05, 0.1) is 17.8 Å². The van der Waals surface area contributed by atoms with Crippen LogP contribution >= 0.6 is 0 Å². The molecule has 3 heterocycles. The topological polar surface area (TPSA) is 61.1 Å². The van der Waals surface area contributed by atoms with E-state index in [9.17, 15) is 9.90 Å². The standard InChI is InChI=1S/C17H24N4O2/c1-3-19-7-9-20(10-8-19)12-15-14(11-17(22)23)18-16-6-4-5-13(2)21(15)16/h4-6H,3,7-12H2,1-2H3,(H,22,23). The molecule has 3 rings (SSSR count). The van der Waals surface area contributed by atoms with Gasteiger partial charge < -0.3 is 10.0 Å². The number of likely N-dealkylation sites (N-methyl/N-ethyl adjacent to an activating group) is 1. The first-order chi connectivity index (χ1) is 11.1. The Balaban J connectivity index is 1.90. The van der Waals surface area contributed by atoms with Crippen molar-refractivity contribution in [3.63, 3.8) is 0 Å². The van der Waals surface area contributed by atoms with Gasteiger partial charge in [-0.3, -0.25) is 14.1 Å². The monoisotopic (exact) mass is 316 g/mol. The summed E-state index contributed by atoms with van der Waals surface area (Å²) in [6.07, 6.45) is -0.0224. The van der Waals surface area contributed by atoms with E-state index in [4.69, 9.17) is 0 Å². The van der Waals surface area contributed by atoms with Crippen molar-refractivity contribution in [3.8, 4) is 0 Å². The Morgan fingerprint density at radius 3 is 2.57 bits per heavy atom. The number of pyridine rings is 1. The summed E-state index contributed by atoms with van der Waals surface area (Å²) in [5, 5.41) is 9.19. The summed E-state index contributed by atoms with van der Waals surface area (Å²) < 4.78 is 2.10. The minimum atomic E-state index is -0.830. The maximum Gasteiger partial charge on any atom is 0.309 e. The van der Waals surface area contributed by atoms with E-state index in [-0.39, 0.29) is 6.42 Å². The Kier molecular flexibility index (Phi) is 4.63. The van der Waals surface area contributed by atoms with Crippen molar-refractivity contribution in [1.82, 2.24) is 19.2 Å². The minimum Gasteiger partial charge on any atom is -0.481 e. The van der Waals surface area contributed by atoms with Crippen molar-refractivity contribution in [3.05, 3.63) is 35.3 Å². The van der Waals surface area contributed by atoms with E-state index >= 15 is 0 Å². The fourth-order valence-corrected chi connectivity index (χ4v) is 3.30. The maximum atomic E-state index is 11.2. The summed E-state index contributed by atoms with van der Waals surface area (Å²) in [7, 11) is 0. The van der Waals surface area contributed by atoms with Crippen molar-refractivity contribution in [1.29, 1.82) is 0 Å². The molecule has 124 valence electrons. The molecular formula is C17H24N4O2. The third kappa shape index (κ3) is 3.38. The molecule has 2 aromatic heterocycles. The average Bonchev–Trinajstić information content (AvgIpc) is 2.86. The van der Waals surface area contributed by atoms with Crippen molar-refractivity contribution < 1.29 is 9.90 Å². The lowest BCUT2D eigenvalue weighted by atomic mass is 10.2. The molecule has 0 aromatic carbocycles. The highest BCUT2D eigenvalue weighted by atomic mass is 16.4. The number of carboxylic acid groups (broad SMARTS) is 1. The number of fused-ring (bicyclic) bond motifs is 1. The van der Waals surface area contributed by atoms with Gasteiger partial charge in [-0.1, -0.05) is 13.0 Å². The smallest absolute Gasteiger partial charge is 0.309 e. The van der Waals surface area contributed by atoms with Crippen LogP contribution in [0.4, 0.5) is 0 Å². The van der Waals surface area contributed by atoms with Gasteiger partial charge in [-0.2, -0.15) is 0 Å². The summed E-state index contributed by atoms with van der Waals surface area (Å²) in [6.45, 7) is 10.2. The van der Waals surface area contributed by atoms with Gasteiger partial charge in [0.2, 0.25) is 0 Å². The second-order valence-corrected chi connectivity index (χ2v) is 6.15. The Morgan fingerprint density at radius 1 is 1.22 bits per heavy atom. The quantitative estimate of drug-likeness (QED) is 0.904. The zero-order valence-corrected chi connectivity index (χ0v) is 13.8. The van der Waals surface area contributed by atoms with Gasteiger partial charge in [-0.25, -0.2) is 4.98 Å². The van der Waals surface area contributed by atoms with Gasteiger partial charge in [-0.15, -0.1) is 0 Å². The normalized spacial score (nSPS) is 17.0. The number of carboxylic acids is 1. The van der Waals surface area contributed by atoms with Crippen LogP contribution < -0.4 is 0 Å². The van der Waals surface area contributed by atoms with Crippen molar-refractivity contribution in [2.45, 2.75) is 26.8 Å². The van der Waals surface area contributed by atoms with E-state index < -0.39 is 5.97 Å². The van der Waals surface area contributed by atoms with Crippen molar-refractivity contribution in [2.75, 3.05) is 32.7 Å². The third-order valence-corrected chi connectivity index (χ3v) is 4.62. The number of nitrogens with zero attached hydrogens (tertiary/aromatic N) is 4. The molecular weight excluding hydrogens is 292 g/mol. The van der Waals surface area contributed by atoms with Crippen LogP contribution in [0.1, 0.15) is 24.0 Å². The first-order valence-corrected chi connectivity index (χ1v) is 8.20. The van der Waals surface area contributed by atoms with Crippen LogP contribution in [-0.2, 0) is 17.8 Å². The molecule has 1 aliphatic heterocycles. The van der Waals surface area contributed by atoms with Crippen LogP contribution in [0.3, 0.4) is 0 Å². The van der Waals surface area contributed by atoms with Crippen molar-refractivity contribution >= 4 is 11.6 Å². The van der Waals surface area contributed by atoms with Crippen molar-refractivity contribution in [2.24, 2.45) is 0 Å². The molecule has 1 N–H and O–H groups in total. The Morgan fingerprint density at radius 2 is 1.91 bits per heavy atom. The second-order valence-electron chi connectivity index (χ2n) is 6.15.